The van der Waals surface area contributed by atoms with Crippen LogP contribution in [0.5, 0.6) is 0 Å². The molecule has 1 saturated carbocycles. The third kappa shape index (κ3) is 1.68. The first-order valence-electron chi connectivity index (χ1n) is 5.90. The van der Waals surface area contributed by atoms with Gasteiger partial charge < -0.3 is 10.5 Å². The van der Waals surface area contributed by atoms with E-state index in [9.17, 15) is 8.42 Å². The minimum atomic E-state index is -3.58. The lowest BCUT2D eigenvalue weighted by Gasteiger charge is -2.45. The second-order valence-corrected chi connectivity index (χ2v) is 6.55. The van der Waals surface area contributed by atoms with Crippen molar-refractivity contribution in [2.75, 3.05) is 6.61 Å². The number of H-pyrrole nitrogens is 1. The largest absolute Gasteiger partial charge is 0.376 e. The molecule has 3 rings (SSSR count). The van der Waals surface area contributed by atoms with Crippen LogP contribution in [0.15, 0.2) is 11.1 Å². The van der Waals surface area contributed by atoms with Crippen LogP contribution < -0.4 is 10.5 Å². The summed E-state index contributed by atoms with van der Waals surface area (Å²) in [4.78, 5) is 0.163. The summed E-state index contributed by atoms with van der Waals surface area (Å²) < 4.78 is 32.5. The average molecular weight is 272 g/mol. The number of aromatic amines is 1. The van der Waals surface area contributed by atoms with Crippen LogP contribution in [0.1, 0.15) is 12.1 Å². The summed E-state index contributed by atoms with van der Waals surface area (Å²) in [6.07, 6.45) is 2.13. The summed E-state index contributed by atoms with van der Waals surface area (Å²) in [5.74, 6) is 0.281. The molecule has 0 aromatic carbocycles. The van der Waals surface area contributed by atoms with Gasteiger partial charge in [-0.05, 0) is 13.3 Å². The van der Waals surface area contributed by atoms with Gasteiger partial charge in [0.2, 0.25) is 10.0 Å². The quantitative estimate of drug-likeness (QED) is 0.661. The summed E-state index contributed by atoms with van der Waals surface area (Å²) >= 11 is 0. The molecule has 2 aliphatic rings. The molecule has 1 aromatic heterocycles. The second-order valence-electron chi connectivity index (χ2n) is 4.87. The Morgan fingerprint density at radius 1 is 1.61 bits per heavy atom. The van der Waals surface area contributed by atoms with Gasteiger partial charge >= 0.3 is 0 Å². The highest BCUT2D eigenvalue weighted by Gasteiger charge is 2.53. The van der Waals surface area contributed by atoms with Gasteiger partial charge in [0, 0.05) is 18.6 Å². The van der Waals surface area contributed by atoms with Crippen molar-refractivity contribution < 1.29 is 13.2 Å². The van der Waals surface area contributed by atoms with Crippen LogP contribution in [0.25, 0.3) is 0 Å². The summed E-state index contributed by atoms with van der Waals surface area (Å²) in [6.45, 7) is 2.32. The Bertz CT molecular complexity index is 555. The van der Waals surface area contributed by atoms with Gasteiger partial charge in [0.15, 0.2) is 0 Å². The Morgan fingerprint density at radius 2 is 2.39 bits per heavy atom. The number of fused-ring (bicyclic) bond motifs is 1. The van der Waals surface area contributed by atoms with E-state index in [2.05, 4.69) is 14.9 Å². The van der Waals surface area contributed by atoms with E-state index < -0.39 is 10.0 Å². The maximum atomic E-state index is 12.2. The first-order chi connectivity index (χ1) is 8.50. The van der Waals surface area contributed by atoms with Crippen molar-refractivity contribution in [2.45, 2.75) is 36.4 Å². The number of sulfonamides is 1. The molecule has 4 atom stereocenters. The zero-order valence-corrected chi connectivity index (χ0v) is 10.8. The van der Waals surface area contributed by atoms with Crippen molar-refractivity contribution in [1.82, 2.24) is 14.9 Å². The lowest BCUT2D eigenvalue weighted by Crippen LogP contribution is -2.68. The van der Waals surface area contributed by atoms with Crippen molar-refractivity contribution in [3.05, 3.63) is 11.9 Å². The Hall–Kier alpha value is -0.960. The normalized spacial score (nSPS) is 35.2. The molecule has 8 heteroatoms. The summed E-state index contributed by atoms with van der Waals surface area (Å²) in [5, 5.41) is 6.33. The fourth-order valence-corrected chi connectivity index (χ4v) is 4.16. The minimum Gasteiger partial charge on any atom is -0.376 e. The highest BCUT2D eigenvalue weighted by molar-refractivity contribution is 7.89. The smallest absolute Gasteiger partial charge is 0.244 e. The summed E-state index contributed by atoms with van der Waals surface area (Å²) in [5.41, 5.74) is 6.49. The maximum Gasteiger partial charge on any atom is 0.244 e. The van der Waals surface area contributed by atoms with Crippen LogP contribution in [0.4, 0.5) is 0 Å². The zero-order valence-electron chi connectivity index (χ0n) is 9.96. The highest BCUT2D eigenvalue weighted by Crippen LogP contribution is 2.38. The molecule has 18 heavy (non-hydrogen) atoms. The third-order valence-corrected chi connectivity index (χ3v) is 5.38. The van der Waals surface area contributed by atoms with Crippen molar-refractivity contribution in [3.63, 3.8) is 0 Å². The SMILES string of the molecule is Cc1[nH]ncc1S(=O)(=O)NC1C(N)C2CCOC21. The van der Waals surface area contributed by atoms with Gasteiger partial charge in [-0.3, -0.25) is 5.10 Å². The molecule has 2 fully saturated rings. The molecule has 7 nitrogen and oxygen atoms in total. The van der Waals surface area contributed by atoms with Crippen LogP contribution in [0.2, 0.25) is 0 Å². The zero-order chi connectivity index (χ0) is 12.9. The fraction of sp³-hybridized carbons (Fsp3) is 0.700. The number of aryl methyl sites for hydroxylation is 1. The third-order valence-electron chi connectivity index (χ3n) is 3.81. The Morgan fingerprint density at radius 3 is 3.06 bits per heavy atom. The minimum absolute atomic E-state index is 0.0815. The van der Waals surface area contributed by atoms with Crippen molar-refractivity contribution in [2.24, 2.45) is 11.7 Å². The van der Waals surface area contributed by atoms with E-state index in [4.69, 9.17) is 10.5 Å². The van der Waals surface area contributed by atoms with Crippen LogP contribution in [0.3, 0.4) is 0 Å². The molecular weight excluding hydrogens is 256 g/mol. The van der Waals surface area contributed by atoms with Crippen LogP contribution in [-0.2, 0) is 14.8 Å². The maximum absolute atomic E-state index is 12.2. The van der Waals surface area contributed by atoms with E-state index >= 15 is 0 Å². The monoisotopic (exact) mass is 272 g/mol. The van der Waals surface area contributed by atoms with Crippen molar-refractivity contribution in [1.29, 1.82) is 0 Å². The number of aromatic nitrogens is 2. The van der Waals surface area contributed by atoms with E-state index in [1.165, 1.54) is 6.20 Å². The number of rotatable bonds is 3. The molecule has 0 radical (unpaired) electrons. The predicted molar refractivity (Wildman–Crippen MR) is 63.3 cm³/mol. The molecule has 0 bridgehead atoms. The Kier molecular flexibility index (Phi) is 2.70. The van der Waals surface area contributed by atoms with Crippen molar-refractivity contribution in [3.8, 4) is 0 Å². The molecule has 0 spiro atoms. The van der Waals surface area contributed by atoms with Gasteiger partial charge in [-0.1, -0.05) is 0 Å². The molecule has 100 valence electrons. The lowest BCUT2D eigenvalue weighted by molar-refractivity contribution is -0.00924. The number of hydrogen-bond acceptors (Lipinski definition) is 5. The van der Waals surface area contributed by atoms with Gasteiger partial charge in [-0.25, -0.2) is 13.1 Å². The predicted octanol–water partition coefficient (Wildman–Crippen LogP) is -0.889. The number of hydrogen-bond donors (Lipinski definition) is 3. The number of nitrogens with one attached hydrogen (secondary N) is 2. The molecule has 1 saturated heterocycles. The summed E-state index contributed by atoms with van der Waals surface area (Å²) in [6, 6.07) is -0.503. The van der Waals surface area contributed by atoms with E-state index in [0.29, 0.717) is 12.3 Å². The standard InChI is InChI=1S/C10H16N4O3S/c1-5-7(4-12-13-5)18(15,16)14-9-8(11)6-2-3-17-10(6)9/h4,6,8-10,14H,2-3,11H2,1H3,(H,12,13). The first kappa shape index (κ1) is 12.1. The van der Waals surface area contributed by atoms with Crippen LogP contribution >= 0.6 is 0 Å². The lowest BCUT2D eigenvalue weighted by atomic mass is 9.73. The van der Waals surface area contributed by atoms with E-state index in [-0.39, 0.29) is 29.0 Å². The van der Waals surface area contributed by atoms with E-state index in [1.54, 1.807) is 6.92 Å². The number of nitrogens with zero attached hydrogens (tertiary/aromatic N) is 1. The molecular formula is C10H16N4O3S. The van der Waals surface area contributed by atoms with E-state index in [0.717, 1.165) is 6.42 Å². The molecule has 1 aliphatic heterocycles. The molecule has 4 unspecified atom stereocenters. The Labute approximate surface area is 105 Å². The average Bonchev–Trinajstić information content (AvgIpc) is 2.92. The van der Waals surface area contributed by atoms with Crippen molar-refractivity contribution >= 4 is 10.0 Å². The van der Waals surface area contributed by atoms with Gasteiger partial charge in [-0.2, -0.15) is 5.10 Å². The van der Waals surface area contributed by atoms with Gasteiger partial charge in [0.25, 0.3) is 0 Å². The molecule has 1 aliphatic carbocycles. The topological polar surface area (TPSA) is 110 Å². The molecule has 2 heterocycles. The first-order valence-corrected chi connectivity index (χ1v) is 7.38. The van der Waals surface area contributed by atoms with Gasteiger partial charge in [0.05, 0.1) is 24.0 Å². The highest BCUT2D eigenvalue weighted by atomic mass is 32.2. The van der Waals surface area contributed by atoms with Gasteiger partial charge in [-0.15, -0.1) is 0 Å². The van der Waals surface area contributed by atoms with Crippen LogP contribution in [-0.4, -0.2) is 43.4 Å². The fourth-order valence-electron chi connectivity index (χ4n) is 2.75. The number of nitrogens with two attached hydrogens (primary N) is 1. The van der Waals surface area contributed by atoms with Gasteiger partial charge in [0.1, 0.15) is 4.90 Å². The van der Waals surface area contributed by atoms with E-state index in [1.807, 2.05) is 0 Å². The molecule has 0 amide bonds. The Balaban J connectivity index is 1.79. The molecule has 4 N–H and O–H groups in total. The number of ether oxygens (including phenoxy) is 1. The second kappa shape index (κ2) is 4.02. The summed E-state index contributed by atoms with van der Waals surface area (Å²) in [7, 11) is -3.58. The molecule has 1 aromatic rings. The van der Waals surface area contributed by atoms with Crippen LogP contribution in [0, 0.1) is 12.8 Å².